The van der Waals surface area contributed by atoms with E-state index in [9.17, 15) is 14.4 Å². The van der Waals surface area contributed by atoms with Crippen LogP contribution >= 0.6 is 0 Å². The molecule has 122 valence electrons. The number of amides is 3. The summed E-state index contributed by atoms with van der Waals surface area (Å²) in [6.45, 7) is 2.18. The van der Waals surface area contributed by atoms with E-state index in [0.717, 1.165) is 16.2 Å². The Kier molecular flexibility index (Phi) is 4.37. The Morgan fingerprint density at radius 2 is 1.88 bits per heavy atom. The van der Waals surface area contributed by atoms with Gasteiger partial charge in [0.05, 0.1) is 5.56 Å². The second-order valence-corrected chi connectivity index (χ2v) is 5.68. The number of fused-ring (bicyclic) bond motifs is 1. The van der Waals surface area contributed by atoms with Crippen molar-refractivity contribution in [2.24, 2.45) is 0 Å². The summed E-state index contributed by atoms with van der Waals surface area (Å²) in [6, 6.07) is 10.7. The van der Waals surface area contributed by atoms with Crippen molar-refractivity contribution in [2.75, 3.05) is 11.9 Å². The molecular weight excluding hydrogens is 306 g/mol. The predicted octanol–water partition coefficient (Wildman–Crippen LogP) is 2.40. The van der Waals surface area contributed by atoms with E-state index in [4.69, 9.17) is 0 Å². The lowest BCUT2D eigenvalue weighted by atomic mass is 10.2. The van der Waals surface area contributed by atoms with Crippen LogP contribution in [0.1, 0.15) is 39.3 Å². The lowest BCUT2D eigenvalue weighted by molar-refractivity contribution is -0.116. The second-order valence-electron chi connectivity index (χ2n) is 5.68. The number of carbonyl (C=O) groups is 3. The Morgan fingerprint density at radius 3 is 2.58 bits per heavy atom. The van der Waals surface area contributed by atoms with Crippen LogP contribution in [0.4, 0.5) is 5.69 Å². The molecule has 24 heavy (non-hydrogen) atoms. The molecule has 0 spiro atoms. The Bertz CT molecular complexity index is 764. The molecule has 0 saturated carbocycles. The summed E-state index contributed by atoms with van der Waals surface area (Å²) in [7, 11) is 0. The quantitative estimate of drug-likeness (QED) is 0.857. The van der Waals surface area contributed by atoms with Crippen molar-refractivity contribution in [1.82, 2.24) is 9.88 Å². The van der Waals surface area contributed by atoms with Gasteiger partial charge in [-0.2, -0.15) is 0 Å². The normalized spacial score (nSPS) is 13.1. The molecule has 1 aliphatic heterocycles. The zero-order valence-corrected chi connectivity index (χ0v) is 13.3. The Hall–Kier alpha value is -3.02. The summed E-state index contributed by atoms with van der Waals surface area (Å²) in [5.41, 5.74) is 2.36. The van der Waals surface area contributed by atoms with Gasteiger partial charge < -0.3 is 5.32 Å². The number of nitrogens with zero attached hydrogens (tertiary/aromatic N) is 2. The molecule has 2 heterocycles. The van der Waals surface area contributed by atoms with Gasteiger partial charge in [0.2, 0.25) is 5.91 Å². The number of rotatable bonds is 5. The predicted molar refractivity (Wildman–Crippen MR) is 88.6 cm³/mol. The molecule has 2 aromatic rings. The summed E-state index contributed by atoms with van der Waals surface area (Å²) in [6.07, 6.45) is 2.13. The van der Waals surface area contributed by atoms with E-state index in [1.807, 2.05) is 31.2 Å². The van der Waals surface area contributed by atoms with Crippen LogP contribution in [-0.4, -0.2) is 34.2 Å². The van der Waals surface area contributed by atoms with Gasteiger partial charge >= 0.3 is 0 Å². The van der Waals surface area contributed by atoms with Gasteiger partial charge in [-0.05, 0) is 37.6 Å². The van der Waals surface area contributed by atoms with Crippen molar-refractivity contribution >= 4 is 23.4 Å². The highest BCUT2D eigenvalue weighted by atomic mass is 16.2. The van der Waals surface area contributed by atoms with E-state index in [1.54, 1.807) is 12.1 Å². The Labute approximate surface area is 139 Å². The maximum atomic E-state index is 12.2. The smallest absolute Gasteiger partial charge is 0.280 e. The first-order valence-electron chi connectivity index (χ1n) is 7.74. The number of hydrogen-bond donors (Lipinski definition) is 1. The third-order valence-electron chi connectivity index (χ3n) is 3.85. The number of pyridine rings is 1. The third kappa shape index (κ3) is 3.17. The van der Waals surface area contributed by atoms with Gasteiger partial charge in [-0.1, -0.05) is 17.7 Å². The second kappa shape index (κ2) is 6.62. The minimum absolute atomic E-state index is 0.145. The standard InChI is InChI=1S/C18H17N3O3/c1-12-6-8-13(9-7-12)20-15(22)5-3-11-21-17(23)14-4-2-10-19-16(14)18(21)24/h2,4,6-10H,3,5,11H2,1H3,(H,20,22). The van der Waals surface area contributed by atoms with Crippen LogP contribution in [0.2, 0.25) is 0 Å². The summed E-state index contributed by atoms with van der Waals surface area (Å²) in [5.74, 6) is -0.884. The molecule has 0 fully saturated rings. The van der Waals surface area contributed by atoms with E-state index in [2.05, 4.69) is 10.3 Å². The molecule has 1 aliphatic rings. The molecule has 1 aromatic heterocycles. The van der Waals surface area contributed by atoms with E-state index in [0.29, 0.717) is 12.0 Å². The monoisotopic (exact) mass is 323 g/mol. The van der Waals surface area contributed by atoms with Crippen molar-refractivity contribution in [2.45, 2.75) is 19.8 Å². The Balaban J connectivity index is 1.52. The highest BCUT2D eigenvalue weighted by Gasteiger charge is 2.36. The minimum Gasteiger partial charge on any atom is -0.326 e. The first-order valence-corrected chi connectivity index (χ1v) is 7.74. The van der Waals surface area contributed by atoms with Crippen LogP contribution in [0.5, 0.6) is 0 Å². The van der Waals surface area contributed by atoms with Crippen LogP contribution < -0.4 is 5.32 Å². The van der Waals surface area contributed by atoms with Crippen molar-refractivity contribution in [3.63, 3.8) is 0 Å². The topological polar surface area (TPSA) is 79.4 Å². The fourth-order valence-corrected chi connectivity index (χ4v) is 2.57. The molecular formula is C18H17N3O3. The largest absolute Gasteiger partial charge is 0.326 e. The van der Waals surface area contributed by atoms with E-state index in [-0.39, 0.29) is 30.5 Å². The van der Waals surface area contributed by atoms with Gasteiger partial charge in [-0.15, -0.1) is 0 Å². The zero-order valence-electron chi connectivity index (χ0n) is 13.3. The lowest BCUT2D eigenvalue weighted by Gasteiger charge is -2.13. The van der Waals surface area contributed by atoms with Crippen LogP contribution in [-0.2, 0) is 4.79 Å². The summed E-state index contributed by atoms with van der Waals surface area (Å²) < 4.78 is 0. The molecule has 3 rings (SSSR count). The van der Waals surface area contributed by atoms with Gasteiger partial charge in [-0.3, -0.25) is 24.3 Å². The summed E-state index contributed by atoms with van der Waals surface area (Å²) >= 11 is 0. The number of nitrogens with one attached hydrogen (secondary N) is 1. The van der Waals surface area contributed by atoms with Gasteiger partial charge in [0, 0.05) is 24.8 Å². The van der Waals surface area contributed by atoms with Crippen molar-refractivity contribution in [1.29, 1.82) is 0 Å². The molecule has 0 unspecified atom stereocenters. The molecule has 1 aromatic carbocycles. The highest BCUT2D eigenvalue weighted by Crippen LogP contribution is 2.20. The van der Waals surface area contributed by atoms with Crippen LogP contribution in [0.25, 0.3) is 0 Å². The summed E-state index contributed by atoms with van der Waals surface area (Å²) in [5, 5.41) is 2.79. The molecule has 1 N–H and O–H groups in total. The fourth-order valence-electron chi connectivity index (χ4n) is 2.57. The molecule has 0 bridgehead atoms. The van der Waals surface area contributed by atoms with Crippen molar-refractivity contribution in [3.05, 3.63) is 59.4 Å². The van der Waals surface area contributed by atoms with E-state index < -0.39 is 5.91 Å². The van der Waals surface area contributed by atoms with Crippen LogP contribution in [0.3, 0.4) is 0 Å². The van der Waals surface area contributed by atoms with Gasteiger partial charge in [0.1, 0.15) is 5.69 Å². The van der Waals surface area contributed by atoms with Crippen molar-refractivity contribution < 1.29 is 14.4 Å². The van der Waals surface area contributed by atoms with E-state index >= 15 is 0 Å². The number of aromatic nitrogens is 1. The molecule has 3 amide bonds. The average molecular weight is 323 g/mol. The average Bonchev–Trinajstić information content (AvgIpc) is 2.82. The fraction of sp³-hybridized carbons (Fsp3) is 0.222. The van der Waals surface area contributed by atoms with Crippen LogP contribution in [0.15, 0.2) is 42.6 Å². The SMILES string of the molecule is Cc1ccc(NC(=O)CCCN2C(=O)c3cccnc3C2=O)cc1. The lowest BCUT2D eigenvalue weighted by Crippen LogP contribution is -2.31. The van der Waals surface area contributed by atoms with Crippen LogP contribution in [0, 0.1) is 6.92 Å². The van der Waals surface area contributed by atoms with E-state index in [1.165, 1.54) is 6.20 Å². The molecule has 0 saturated heterocycles. The number of hydrogen-bond acceptors (Lipinski definition) is 4. The molecule has 6 heteroatoms. The first kappa shape index (κ1) is 15.9. The third-order valence-corrected chi connectivity index (χ3v) is 3.85. The van der Waals surface area contributed by atoms with Gasteiger partial charge in [-0.25, -0.2) is 0 Å². The number of anilines is 1. The van der Waals surface area contributed by atoms with Crippen molar-refractivity contribution in [3.8, 4) is 0 Å². The number of imide groups is 1. The number of benzene rings is 1. The Morgan fingerprint density at radius 1 is 1.12 bits per heavy atom. The maximum Gasteiger partial charge on any atom is 0.280 e. The molecule has 0 radical (unpaired) electrons. The first-order chi connectivity index (χ1) is 11.6. The highest BCUT2D eigenvalue weighted by molar-refractivity contribution is 6.20. The molecule has 0 atom stereocenters. The summed E-state index contributed by atoms with van der Waals surface area (Å²) in [4.78, 5) is 41.4. The zero-order chi connectivity index (χ0) is 17.1. The maximum absolute atomic E-state index is 12.2. The number of aryl methyl sites for hydroxylation is 1. The van der Waals surface area contributed by atoms with Gasteiger partial charge in [0.15, 0.2) is 0 Å². The number of carbonyl (C=O) groups excluding carboxylic acids is 3. The van der Waals surface area contributed by atoms with Gasteiger partial charge in [0.25, 0.3) is 11.8 Å². The molecule has 6 nitrogen and oxygen atoms in total. The minimum atomic E-state index is -0.394. The molecule has 0 aliphatic carbocycles.